The zero-order valence-corrected chi connectivity index (χ0v) is 13.7. The summed E-state index contributed by atoms with van der Waals surface area (Å²) in [5.74, 6) is 0.445. The lowest BCUT2D eigenvalue weighted by atomic mass is 9.82. The van der Waals surface area contributed by atoms with Crippen molar-refractivity contribution in [3.8, 4) is 0 Å². The van der Waals surface area contributed by atoms with Gasteiger partial charge in [0.05, 0.1) is 0 Å². The molecule has 0 aromatic carbocycles. The van der Waals surface area contributed by atoms with Crippen LogP contribution in [0.3, 0.4) is 0 Å². The molecule has 0 heterocycles. The van der Waals surface area contributed by atoms with Crippen LogP contribution in [0, 0.1) is 11.3 Å². The third-order valence-electron chi connectivity index (χ3n) is 4.80. The van der Waals surface area contributed by atoms with E-state index < -0.39 is 0 Å². The Morgan fingerprint density at radius 3 is 2.61 bits per heavy atom. The van der Waals surface area contributed by atoms with Gasteiger partial charge in [0.2, 0.25) is 0 Å². The maximum absolute atomic E-state index is 8.31. The molecule has 3 N–H and O–H groups in total. The third kappa shape index (κ3) is 4.08. The van der Waals surface area contributed by atoms with Gasteiger partial charge in [-0.05, 0) is 43.3 Å². The van der Waals surface area contributed by atoms with Crippen molar-refractivity contribution in [2.45, 2.75) is 44.6 Å². The van der Waals surface area contributed by atoms with Crippen molar-refractivity contribution >= 4 is 5.71 Å². The summed E-state index contributed by atoms with van der Waals surface area (Å²) in [7, 11) is 0. The minimum Gasteiger partial charge on any atom is -0.324 e. The van der Waals surface area contributed by atoms with Crippen LogP contribution in [0.5, 0.6) is 0 Å². The van der Waals surface area contributed by atoms with Gasteiger partial charge in [0, 0.05) is 24.1 Å². The van der Waals surface area contributed by atoms with Gasteiger partial charge in [-0.3, -0.25) is 0 Å². The fraction of sp³-hybridized carbons (Fsp3) is 0.381. The summed E-state index contributed by atoms with van der Waals surface area (Å²) in [6.07, 6.45) is 25.8. The van der Waals surface area contributed by atoms with E-state index in [1.54, 1.807) is 0 Å². The zero-order chi connectivity index (χ0) is 16.1. The van der Waals surface area contributed by atoms with E-state index in [1.165, 1.54) is 11.1 Å². The Hall–Kier alpha value is -1.93. The largest absolute Gasteiger partial charge is 0.324 e. The van der Waals surface area contributed by atoms with Gasteiger partial charge in [0.15, 0.2) is 0 Å². The molecule has 0 bridgehead atoms. The predicted octanol–water partition coefficient (Wildman–Crippen LogP) is 4.78. The highest BCUT2D eigenvalue weighted by Crippen LogP contribution is 2.30. The smallest absolute Gasteiger partial charge is 0.0401 e. The highest BCUT2D eigenvalue weighted by molar-refractivity contribution is 6.00. The summed E-state index contributed by atoms with van der Waals surface area (Å²) in [6, 6.07) is -0.0562. The SMILES string of the molecule is N=C(CC(N)C1=CC=CC(C2=CCCC=C2)C1)C1=CCCC=C1. The van der Waals surface area contributed by atoms with Gasteiger partial charge in [-0.1, -0.05) is 60.3 Å². The second kappa shape index (κ2) is 7.56. The van der Waals surface area contributed by atoms with Crippen LogP contribution in [-0.2, 0) is 0 Å². The molecule has 2 heteroatoms. The summed E-state index contributed by atoms with van der Waals surface area (Å²) in [5.41, 5.74) is 10.8. The molecule has 120 valence electrons. The Morgan fingerprint density at radius 1 is 1.13 bits per heavy atom. The first kappa shape index (κ1) is 15.9. The molecule has 0 saturated heterocycles. The van der Waals surface area contributed by atoms with E-state index in [0.29, 0.717) is 18.1 Å². The Labute approximate surface area is 139 Å². The number of hydrogen-bond donors (Lipinski definition) is 2. The van der Waals surface area contributed by atoms with Crippen molar-refractivity contribution in [3.63, 3.8) is 0 Å². The first-order chi connectivity index (χ1) is 11.2. The molecule has 3 rings (SSSR count). The number of rotatable bonds is 5. The van der Waals surface area contributed by atoms with Crippen LogP contribution in [0.1, 0.15) is 38.5 Å². The van der Waals surface area contributed by atoms with Gasteiger partial charge in [-0.15, -0.1) is 0 Å². The normalized spacial score (nSPS) is 24.7. The van der Waals surface area contributed by atoms with Gasteiger partial charge >= 0.3 is 0 Å². The molecule has 0 aliphatic heterocycles. The van der Waals surface area contributed by atoms with Gasteiger partial charge < -0.3 is 11.1 Å². The second-order valence-electron chi connectivity index (χ2n) is 6.55. The first-order valence-corrected chi connectivity index (χ1v) is 8.68. The number of hydrogen-bond acceptors (Lipinski definition) is 2. The van der Waals surface area contributed by atoms with Gasteiger partial charge in [0.25, 0.3) is 0 Å². The van der Waals surface area contributed by atoms with Crippen molar-refractivity contribution in [2.24, 2.45) is 11.7 Å². The van der Waals surface area contributed by atoms with E-state index in [-0.39, 0.29) is 6.04 Å². The molecule has 0 spiro atoms. The predicted molar refractivity (Wildman–Crippen MR) is 98.6 cm³/mol. The summed E-state index contributed by atoms with van der Waals surface area (Å²) in [4.78, 5) is 0. The molecule has 0 saturated carbocycles. The van der Waals surface area contributed by atoms with Gasteiger partial charge in [-0.25, -0.2) is 0 Å². The topological polar surface area (TPSA) is 49.9 Å². The quantitative estimate of drug-likeness (QED) is 0.706. The minimum absolute atomic E-state index is 0.0562. The average molecular weight is 306 g/mol. The molecule has 0 amide bonds. The monoisotopic (exact) mass is 306 g/mol. The molecular weight excluding hydrogens is 280 g/mol. The summed E-state index contributed by atoms with van der Waals surface area (Å²) < 4.78 is 0. The Morgan fingerprint density at radius 2 is 1.91 bits per heavy atom. The second-order valence-corrected chi connectivity index (χ2v) is 6.55. The highest BCUT2D eigenvalue weighted by Gasteiger charge is 2.20. The Bertz CT molecular complexity index is 641. The summed E-state index contributed by atoms with van der Waals surface area (Å²) in [6.45, 7) is 0. The van der Waals surface area contributed by atoms with Gasteiger partial charge in [0.1, 0.15) is 0 Å². The first-order valence-electron chi connectivity index (χ1n) is 8.68. The van der Waals surface area contributed by atoms with Crippen LogP contribution < -0.4 is 5.73 Å². The Kier molecular flexibility index (Phi) is 5.24. The van der Waals surface area contributed by atoms with E-state index in [4.69, 9.17) is 11.1 Å². The number of allylic oxidation sites excluding steroid dienone is 11. The maximum Gasteiger partial charge on any atom is 0.0401 e. The molecule has 3 aliphatic carbocycles. The van der Waals surface area contributed by atoms with Crippen molar-refractivity contribution in [1.82, 2.24) is 0 Å². The van der Waals surface area contributed by atoms with E-state index in [2.05, 4.69) is 54.7 Å². The molecule has 2 unspecified atom stereocenters. The van der Waals surface area contributed by atoms with Crippen molar-refractivity contribution < 1.29 is 0 Å². The van der Waals surface area contributed by atoms with E-state index in [1.807, 2.05) is 0 Å². The molecule has 2 nitrogen and oxygen atoms in total. The molecule has 0 radical (unpaired) electrons. The fourth-order valence-corrected chi connectivity index (χ4v) is 3.42. The molecule has 0 aromatic heterocycles. The zero-order valence-electron chi connectivity index (χ0n) is 13.7. The lowest BCUT2D eigenvalue weighted by molar-refractivity contribution is 0.666. The highest BCUT2D eigenvalue weighted by atomic mass is 14.6. The van der Waals surface area contributed by atoms with Crippen LogP contribution in [0.25, 0.3) is 0 Å². The lowest BCUT2D eigenvalue weighted by Gasteiger charge is -2.25. The fourth-order valence-electron chi connectivity index (χ4n) is 3.42. The lowest BCUT2D eigenvalue weighted by Crippen LogP contribution is -2.28. The molecule has 0 aromatic rings. The van der Waals surface area contributed by atoms with Crippen LogP contribution in [0.15, 0.2) is 71.4 Å². The van der Waals surface area contributed by atoms with E-state index in [0.717, 1.165) is 37.7 Å². The summed E-state index contributed by atoms with van der Waals surface area (Å²) in [5, 5.41) is 8.31. The van der Waals surface area contributed by atoms with Crippen LogP contribution in [-0.4, -0.2) is 11.8 Å². The van der Waals surface area contributed by atoms with Crippen LogP contribution in [0.2, 0.25) is 0 Å². The van der Waals surface area contributed by atoms with Crippen molar-refractivity contribution in [2.75, 3.05) is 0 Å². The molecule has 3 aliphatic rings. The molecule has 2 atom stereocenters. The number of nitrogens with one attached hydrogen (secondary N) is 1. The third-order valence-corrected chi connectivity index (χ3v) is 4.80. The van der Waals surface area contributed by atoms with Crippen LogP contribution in [0.4, 0.5) is 0 Å². The average Bonchev–Trinajstić information content (AvgIpc) is 2.63. The van der Waals surface area contributed by atoms with Crippen LogP contribution >= 0.6 is 0 Å². The van der Waals surface area contributed by atoms with Crippen molar-refractivity contribution in [1.29, 1.82) is 5.41 Å². The maximum atomic E-state index is 8.31. The summed E-state index contributed by atoms with van der Waals surface area (Å²) >= 11 is 0. The molecular formula is C21H26N2. The van der Waals surface area contributed by atoms with E-state index >= 15 is 0 Å². The minimum atomic E-state index is -0.0562. The molecule has 23 heavy (non-hydrogen) atoms. The van der Waals surface area contributed by atoms with Crippen molar-refractivity contribution in [3.05, 3.63) is 71.4 Å². The van der Waals surface area contributed by atoms with Gasteiger partial charge in [-0.2, -0.15) is 0 Å². The van der Waals surface area contributed by atoms with E-state index in [9.17, 15) is 0 Å². The standard InChI is InChI=1S/C21H26N2/c22-20(17-10-5-2-6-11-17)15-21(23)19-13-7-12-18(14-19)16-8-3-1-4-9-16/h3,5,7-13,18,21-22H,1-2,4,6,14-15,23H2. The Balaban J connectivity index is 1.61. The number of nitrogens with two attached hydrogens (primary N) is 1. The molecule has 0 fully saturated rings.